The number of nitrogens with zero attached hydrogens (tertiary/aromatic N) is 2. The van der Waals surface area contributed by atoms with E-state index >= 15 is 0 Å². The summed E-state index contributed by atoms with van der Waals surface area (Å²) in [6, 6.07) is 11.8. The molecule has 30 heavy (non-hydrogen) atoms. The van der Waals surface area contributed by atoms with E-state index in [4.69, 9.17) is 4.74 Å². The van der Waals surface area contributed by atoms with Crippen molar-refractivity contribution in [3.8, 4) is 0 Å². The van der Waals surface area contributed by atoms with E-state index in [1.54, 1.807) is 13.2 Å². The number of ketones is 1. The van der Waals surface area contributed by atoms with Crippen molar-refractivity contribution in [2.24, 2.45) is 0 Å². The number of hydrogen-bond donors (Lipinski definition) is 0. The van der Waals surface area contributed by atoms with E-state index in [0.29, 0.717) is 18.8 Å². The van der Waals surface area contributed by atoms with Crippen molar-refractivity contribution in [1.82, 2.24) is 4.31 Å². The van der Waals surface area contributed by atoms with Crippen LogP contribution in [0.4, 0.5) is 5.69 Å². The zero-order valence-corrected chi connectivity index (χ0v) is 19.4. The van der Waals surface area contributed by atoms with Crippen molar-refractivity contribution in [3.05, 3.63) is 57.2 Å². The third kappa shape index (κ3) is 3.79. The summed E-state index contributed by atoms with van der Waals surface area (Å²) in [6.07, 6.45) is 1.50. The van der Waals surface area contributed by atoms with Gasteiger partial charge in [-0.15, -0.1) is 0 Å². The molecule has 0 aliphatic carbocycles. The second-order valence-electron chi connectivity index (χ2n) is 7.39. The molecule has 158 valence electrons. The lowest BCUT2D eigenvalue weighted by Gasteiger charge is -2.24. The molecule has 1 amide bonds. The van der Waals surface area contributed by atoms with Crippen LogP contribution < -0.4 is 4.90 Å². The van der Waals surface area contributed by atoms with Crippen LogP contribution in [0, 0.1) is 3.57 Å². The predicted octanol–water partition coefficient (Wildman–Crippen LogP) is 2.82. The van der Waals surface area contributed by atoms with Crippen LogP contribution in [0.25, 0.3) is 0 Å². The number of ether oxygens (including phenoxy) is 1. The number of sulfonamides is 1. The van der Waals surface area contributed by atoms with Gasteiger partial charge in [-0.1, -0.05) is 12.1 Å². The fourth-order valence-corrected chi connectivity index (χ4v) is 6.05. The number of Topliss-reactive ketones (excluding diaryl/α,β-unsaturated/α-hetero) is 1. The van der Waals surface area contributed by atoms with E-state index in [1.807, 2.05) is 24.3 Å². The summed E-state index contributed by atoms with van der Waals surface area (Å²) < 4.78 is 34.0. The summed E-state index contributed by atoms with van der Waals surface area (Å²) in [5.74, 6) is -1.32. The van der Waals surface area contributed by atoms with Gasteiger partial charge in [0.2, 0.25) is 10.0 Å². The van der Waals surface area contributed by atoms with Crippen LogP contribution >= 0.6 is 22.6 Å². The first-order valence-electron chi connectivity index (χ1n) is 9.58. The van der Waals surface area contributed by atoms with Crippen LogP contribution in [0.2, 0.25) is 0 Å². The molecule has 0 bridgehead atoms. The van der Waals surface area contributed by atoms with Gasteiger partial charge in [-0.2, -0.15) is 4.31 Å². The Morgan fingerprint density at radius 1 is 1.13 bits per heavy atom. The van der Waals surface area contributed by atoms with Crippen LogP contribution in [-0.4, -0.2) is 50.7 Å². The Bertz CT molecular complexity index is 1100. The van der Waals surface area contributed by atoms with Crippen molar-refractivity contribution >= 4 is 50.0 Å². The van der Waals surface area contributed by atoms with Crippen molar-refractivity contribution in [2.45, 2.75) is 30.3 Å². The quantitative estimate of drug-likeness (QED) is 0.419. The van der Waals surface area contributed by atoms with Crippen LogP contribution in [0.5, 0.6) is 0 Å². The first-order valence-corrected chi connectivity index (χ1v) is 12.1. The van der Waals surface area contributed by atoms with Gasteiger partial charge in [-0.3, -0.25) is 9.59 Å². The van der Waals surface area contributed by atoms with E-state index in [1.165, 1.54) is 21.3 Å². The summed E-state index contributed by atoms with van der Waals surface area (Å²) in [4.78, 5) is 26.6. The molecule has 2 heterocycles. The van der Waals surface area contributed by atoms with E-state index < -0.39 is 21.7 Å². The van der Waals surface area contributed by atoms with Crippen molar-refractivity contribution in [2.75, 3.05) is 25.2 Å². The third-order valence-corrected chi connectivity index (χ3v) is 8.15. The number of fused-ring (bicyclic) bond motifs is 1. The Morgan fingerprint density at radius 3 is 2.57 bits per heavy atom. The van der Waals surface area contributed by atoms with Gasteiger partial charge in [0.15, 0.2) is 0 Å². The number of anilines is 1. The zero-order chi connectivity index (χ0) is 21.5. The number of carbonyl (C=O) groups is 2. The molecule has 0 unspecified atom stereocenters. The minimum Gasteiger partial charge on any atom is -0.383 e. The highest BCUT2D eigenvalue weighted by Crippen LogP contribution is 2.34. The van der Waals surface area contributed by atoms with Crippen molar-refractivity contribution in [1.29, 1.82) is 0 Å². The first-order chi connectivity index (χ1) is 14.3. The maximum atomic E-state index is 13.2. The second-order valence-corrected chi connectivity index (χ2v) is 10.5. The Kier molecular flexibility index (Phi) is 5.97. The fourth-order valence-electron chi connectivity index (χ4n) is 3.99. The molecule has 2 aromatic rings. The molecule has 1 atom stereocenters. The maximum absolute atomic E-state index is 13.2. The van der Waals surface area contributed by atoms with Crippen molar-refractivity contribution < 1.29 is 22.7 Å². The van der Waals surface area contributed by atoms with Gasteiger partial charge < -0.3 is 9.64 Å². The standard InChI is InChI=1S/C21H21IN2O5S/c1-29-13-16-3-2-10-24(16)30(27,28)17-8-9-19-18(11-17)20(25)21(26)23(19)12-14-4-6-15(22)7-5-14/h4-9,11,16H,2-3,10,12-13H2,1H3/t16-/m0/s1/i22-4. The third-order valence-electron chi connectivity index (χ3n) is 5.49. The fraction of sp³-hybridized carbons (Fsp3) is 0.333. The van der Waals surface area contributed by atoms with E-state index in [9.17, 15) is 18.0 Å². The number of carbonyl (C=O) groups excluding carboxylic acids is 2. The minimum absolute atomic E-state index is 0.0292. The average molecular weight is 536 g/mol. The van der Waals surface area contributed by atoms with Gasteiger partial charge in [0.05, 0.1) is 29.3 Å². The van der Waals surface area contributed by atoms with Crippen LogP contribution in [0.15, 0.2) is 47.4 Å². The average Bonchev–Trinajstić information content (AvgIpc) is 3.29. The van der Waals surface area contributed by atoms with Gasteiger partial charge in [-0.05, 0) is 71.3 Å². The topological polar surface area (TPSA) is 84.0 Å². The first kappa shape index (κ1) is 21.4. The molecule has 7 nitrogen and oxygen atoms in total. The molecule has 0 aromatic heterocycles. The number of amides is 1. The smallest absolute Gasteiger partial charge is 0.299 e. The molecule has 0 spiro atoms. The predicted molar refractivity (Wildman–Crippen MR) is 120 cm³/mol. The molecule has 9 heteroatoms. The lowest BCUT2D eigenvalue weighted by atomic mass is 10.1. The number of halogens is 1. The molecule has 0 saturated carbocycles. The SMILES string of the molecule is COC[C@@H]1CCCN1S(=O)(=O)c1ccc2c(c1)C(=O)C(=O)N2Cc1ccc([123I])cc1. The van der Waals surface area contributed by atoms with E-state index in [-0.39, 0.29) is 23.0 Å². The Balaban J connectivity index is 1.65. The lowest BCUT2D eigenvalue weighted by molar-refractivity contribution is -0.114. The molecule has 1 saturated heterocycles. The summed E-state index contributed by atoms with van der Waals surface area (Å²) in [5, 5.41) is 0. The van der Waals surface area contributed by atoms with E-state index in [2.05, 4.69) is 22.6 Å². The molecule has 4 rings (SSSR count). The summed E-state index contributed by atoms with van der Waals surface area (Å²) in [5.41, 5.74) is 1.46. The van der Waals surface area contributed by atoms with Gasteiger partial charge in [0.1, 0.15) is 0 Å². The molecule has 2 aliphatic rings. The molecule has 0 radical (unpaired) electrons. The minimum atomic E-state index is -3.78. The highest BCUT2D eigenvalue weighted by molar-refractivity contribution is 14.1. The Labute approximate surface area is 189 Å². The molecule has 2 aromatic carbocycles. The summed E-state index contributed by atoms with van der Waals surface area (Å²) in [7, 11) is -2.24. The monoisotopic (exact) mass is 536 g/mol. The van der Waals surface area contributed by atoms with Gasteiger partial charge in [-0.25, -0.2) is 8.42 Å². The normalized spacial score (nSPS) is 19.5. The molecular weight excluding hydrogens is 515 g/mol. The lowest BCUT2D eigenvalue weighted by Crippen LogP contribution is -2.38. The number of benzene rings is 2. The summed E-state index contributed by atoms with van der Waals surface area (Å²) in [6.45, 7) is 0.993. The van der Waals surface area contributed by atoms with Gasteiger partial charge >= 0.3 is 0 Å². The van der Waals surface area contributed by atoms with Gasteiger partial charge in [0.25, 0.3) is 11.7 Å². The molecular formula is C21H21IN2O5S. The Morgan fingerprint density at radius 2 is 1.87 bits per heavy atom. The number of hydrogen-bond acceptors (Lipinski definition) is 5. The maximum Gasteiger partial charge on any atom is 0.299 e. The van der Waals surface area contributed by atoms with Crippen LogP contribution in [-0.2, 0) is 26.1 Å². The molecule has 2 aliphatic heterocycles. The second kappa shape index (κ2) is 8.37. The highest BCUT2D eigenvalue weighted by atomic mass is 123. The van der Waals surface area contributed by atoms with Crippen LogP contribution in [0.1, 0.15) is 28.8 Å². The van der Waals surface area contributed by atoms with Crippen LogP contribution in [0.3, 0.4) is 0 Å². The summed E-state index contributed by atoms with van der Waals surface area (Å²) >= 11 is 2.20. The largest absolute Gasteiger partial charge is 0.383 e. The Hall–Kier alpha value is -1.82. The zero-order valence-electron chi connectivity index (χ0n) is 16.4. The van der Waals surface area contributed by atoms with Gasteiger partial charge in [0, 0.05) is 23.3 Å². The van der Waals surface area contributed by atoms with Crippen molar-refractivity contribution in [3.63, 3.8) is 0 Å². The molecule has 1 fully saturated rings. The highest BCUT2D eigenvalue weighted by Gasteiger charge is 2.39. The number of rotatable bonds is 6. The molecule has 0 N–H and O–H groups in total. The van der Waals surface area contributed by atoms with E-state index in [0.717, 1.165) is 22.0 Å². The number of methoxy groups -OCH3 is 1.